The van der Waals surface area contributed by atoms with Gasteiger partial charge in [0.15, 0.2) is 5.85 Å². The lowest BCUT2D eigenvalue weighted by atomic mass is 10.0. The summed E-state index contributed by atoms with van der Waals surface area (Å²) in [6.07, 6.45) is 0.492. The number of aliphatic hydroxyl groups is 1. The third kappa shape index (κ3) is 2.98. The molecule has 0 radical (unpaired) electrons. The van der Waals surface area contributed by atoms with Crippen molar-refractivity contribution in [1.29, 1.82) is 0 Å². The van der Waals surface area contributed by atoms with E-state index in [-0.39, 0.29) is 6.42 Å². The van der Waals surface area contributed by atoms with Gasteiger partial charge in [-0.1, -0.05) is 42.5 Å². The zero-order chi connectivity index (χ0) is 13.2. The van der Waals surface area contributed by atoms with E-state index in [4.69, 9.17) is 9.79 Å². The number of aryl methyl sites for hydroxylation is 1. The molecule has 0 aliphatic carbocycles. The normalized spacial score (nSPS) is 13.7. The van der Waals surface area contributed by atoms with Gasteiger partial charge >= 0.3 is 7.60 Å². The molecule has 2 rings (SSSR count). The first-order valence-electron chi connectivity index (χ1n) is 5.68. The third-order valence-electron chi connectivity index (χ3n) is 2.94. The molecule has 0 amide bonds. The fourth-order valence-electron chi connectivity index (χ4n) is 1.96. The molecule has 5 heteroatoms. The van der Waals surface area contributed by atoms with E-state index in [0.29, 0.717) is 6.42 Å². The zero-order valence-corrected chi connectivity index (χ0v) is 10.6. The van der Waals surface area contributed by atoms with Crippen LogP contribution in [0.5, 0.6) is 0 Å². The molecule has 1 atom stereocenters. The molecule has 4 nitrogen and oxygen atoms in total. The van der Waals surface area contributed by atoms with Gasteiger partial charge in [0.25, 0.3) is 0 Å². The summed E-state index contributed by atoms with van der Waals surface area (Å²) < 4.78 is 10.9. The van der Waals surface area contributed by atoms with Gasteiger partial charge in [-0.05, 0) is 29.2 Å². The van der Waals surface area contributed by atoms with Crippen molar-refractivity contribution in [1.82, 2.24) is 0 Å². The number of benzene rings is 2. The van der Waals surface area contributed by atoms with E-state index in [1.807, 2.05) is 42.5 Å². The standard InChI is InChI=1S/C13H15O4P/c14-13(18(15,16)17)9-8-11-6-3-5-10-4-1-2-7-12(10)11/h1-7,13-14H,8-9H2,(H2,15,16,17). The summed E-state index contributed by atoms with van der Waals surface area (Å²) in [5.74, 6) is -1.59. The Bertz CT molecular complexity index is 585. The van der Waals surface area contributed by atoms with E-state index in [9.17, 15) is 9.67 Å². The molecule has 3 N–H and O–H groups in total. The van der Waals surface area contributed by atoms with Crippen molar-refractivity contribution in [2.45, 2.75) is 18.7 Å². The molecule has 0 fully saturated rings. The van der Waals surface area contributed by atoms with Crippen molar-refractivity contribution in [2.75, 3.05) is 0 Å². The minimum atomic E-state index is -4.40. The highest BCUT2D eigenvalue weighted by atomic mass is 31.2. The van der Waals surface area contributed by atoms with Gasteiger partial charge in [0.05, 0.1) is 0 Å². The Morgan fingerprint density at radius 1 is 1.06 bits per heavy atom. The fraction of sp³-hybridized carbons (Fsp3) is 0.231. The molecule has 1 unspecified atom stereocenters. The lowest BCUT2D eigenvalue weighted by molar-refractivity contribution is 0.194. The predicted molar refractivity (Wildman–Crippen MR) is 70.3 cm³/mol. The highest BCUT2D eigenvalue weighted by Crippen LogP contribution is 2.41. The summed E-state index contributed by atoms with van der Waals surface area (Å²) in [7, 11) is -4.40. The van der Waals surface area contributed by atoms with E-state index in [1.54, 1.807) is 0 Å². The quantitative estimate of drug-likeness (QED) is 0.742. The van der Waals surface area contributed by atoms with Gasteiger partial charge < -0.3 is 14.9 Å². The van der Waals surface area contributed by atoms with Gasteiger partial charge in [-0.3, -0.25) is 4.57 Å². The van der Waals surface area contributed by atoms with Gasteiger partial charge in [-0.2, -0.15) is 0 Å². The van der Waals surface area contributed by atoms with Crippen LogP contribution in [0.3, 0.4) is 0 Å². The molecule has 96 valence electrons. The average Bonchev–Trinajstić information content (AvgIpc) is 2.34. The second kappa shape index (κ2) is 5.21. The highest BCUT2D eigenvalue weighted by molar-refractivity contribution is 7.52. The van der Waals surface area contributed by atoms with E-state index < -0.39 is 13.4 Å². The maximum Gasteiger partial charge on any atom is 0.353 e. The Hall–Kier alpha value is -1.19. The lowest BCUT2D eigenvalue weighted by Gasteiger charge is -2.13. The summed E-state index contributed by atoms with van der Waals surface area (Å²) in [4.78, 5) is 17.7. The van der Waals surface area contributed by atoms with Crippen molar-refractivity contribution in [2.24, 2.45) is 0 Å². The number of hydrogen-bond donors (Lipinski definition) is 3. The molecular weight excluding hydrogens is 251 g/mol. The Labute approximate surface area is 105 Å². The van der Waals surface area contributed by atoms with Crippen LogP contribution < -0.4 is 0 Å². The van der Waals surface area contributed by atoms with Crippen LogP contribution in [-0.2, 0) is 11.0 Å². The Balaban J connectivity index is 2.20. The monoisotopic (exact) mass is 266 g/mol. The molecule has 0 saturated carbocycles. The lowest BCUT2D eigenvalue weighted by Crippen LogP contribution is -2.08. The SMILES string of the molecule is O=P(O)(O)C(O)CCc1cccc2ccccc12. The molecule has 0 bridgehead atoms. The van der Waals surface area contributed by atoms with Gasteiger partial charge in [-0.25, -0.2) is 0 Å². The molecular formula is C13H15O4P. The number of rotatable bonds is 4. The van der Waals surface area contributed by atoms with E-state index >= 15 is 0 Å². The van der Waals surface area contributed by atoms with Crippen LogP contribution in [0.1, 0.15) is 12.0 Å². The maximum atomic E-state index is 10.9. The van der Waals surface area contributed by atoms with Crippen LogP contribution >= 0.6 is 7.60 Å². The van der Waals surface area contributed by atoms with Gasteiger partial charge in [0.2, 0.25) is 0 Å². The molecule has 0 spiro atoms. The first-order chi connectivity index (χ1) is 8.48. The minimum Gasteiger partial charge on any atom is -0.380 e. The minimum absolute atomic E-state index is 0.0539. The Morgan fingerprint density at radius 2 is 1.72 bits per heavy atom. The summed E-state index contributed by atoms with van der Waals surface area (Å²) in [5, 5.41) is 11.5. The highest BCUT2D eigenvalue weighted by Gasteiger charge is 2.25. The molecule has 18 heavy (non-hydrogen) atoms. The zero-order valence-electron chi connectivity index (χ0n) is 9.73. The summed E-state index contributed by atoms with van der Waals surface area (Å²) in [6, 6.07) is 13.6. The number of aliphatic hydroxyl groups excluding tert-OH is 1. The van der Waals surface area contributed by atoms with Crippen LogP contribution in [0.2, 0.25) is 0 Å². The number of hydrogen-bond acceptors (Lipinski definition) is 2. The predicted octanol–water partition coefficient (Wildman–Crippen LogP) is 2.27. The third-order valence-corrected chi connectivity index (χ3v) is 3.97. The average molecular weight is 266 g/mol. The Kier molecular flexibility index (Phi) is 3.83. The number of fused-ring (bicyclic) bond motifs is 1. The molecule has 0 saturated heterocycles. The second-order valence-corrected chi connectivity index (χ2v) is 6.02. The molecule has 0 aromatic heterocycles. The summed E-state index contributed by atoms with van der Waals surface area (Å²) in [6.45, 7) is 0. The van der Waals surface area contributed by atoms with Crippen molar-refractivity contribution < 1.29 is 19.5 Å². The van der Waals surface area contributed by atoms with Crippen LogP contribution in [0, 0.1) is 0 Å². The maximum absolute atomic E-state index is 10.9. The van der Waals surface area contributed by atoms with Crippen molar-refractivity contribution in [3.8, 4) is 0 Å². The summed E-state index contributed by atoms with van der Waals surface area (Å²) in [5.41, 5.74) is 0.987. The van der Waals surface area contributed by atoms with Crippen LogP contribution in [0.25, 0.3) is 10.8 Å². The molecule has 0 heterocycles. The van der Waals surface area contributed by atoms with E-state index in [1.165, 1.54) is 0 Å². The van der Waals surface area contributed by atoms with Crippen molar-refractivity contribution >= 4 is 18.4 Å². The van der Waals surface area contributed by atoms with Crippen LogP contribution in [0.15, 0.2) is 42.5 Å². The molecule has 2 aromatic rings. The van der Waals surface area contributed by atoms with Crippen LogP contribution in [-0.4, -0.2) is 20.7 Å². The Morgan fingerprint density at radius 3 is 2.44 bits per heavy atom. The molecule has 0 aliphatic rings. The van der Waals surface area contributed by atoms with Crippen molar-refractivity contribution in [3.05, 3.63) is 48.0 Å². The van der Waals surface area contributed by atoms with E-state index in [0.717, 1.165) is 16.3 Å². The van der Waals surface area contributed by atoms with Crippen molar-refractivity contribution in [3.63, 3.8) is 0 Å². The fourth-order valence-corrected chi connectivity index (χ4v) is 2.43. The smallest absolute Gasteiger partial charge is 0.353 e. The largest absolute Gasteiger partial charge is 0.380 e. The summed E-state index contributed by atoms with van der Waals surface area (Å²) >= 11 is 0. The van der Waals surface area contributed by atoms with Gasteiger partial charge in [0, 0.05) is 0 Å². The van der Waals surface area contributed by atoms with Gasteiger partial charge in [-0.15, -0.1) is 0 Å². The topological polar surface area (TPSA) is 77.8 Å². The molecule has 2 aromatic carbocycles. The first-order valence-corrected chi connectivity index (χ1v) is 7.36. The first kappa shape index (κ1) is 13.2. The van der Waals surface area contributed by atoms with Gasteiger partial charge in [0.1, 0.15) is 0 Å². The second-order valence-electron chi connectivity index (χ2n) is 4.25. The molecule has 0 aliphatic heterocycles. The van der Waals surface area contributed by atoms with E-state index in [2.05, 4.69) is 0 Å². The van der Waals surface area contributed by atoms with Crippen LogP contribution in [0.4, 0.5) is 0 Å².